The summed E-state index contributed by atoms with van der Waals surface area (Å²) in [6.45, 7) is 17.8. The van der Waals surface area contributed by atoms with Gasteiger partial charge in [-0.1, -0.05) is 93.7 Å². The highest BCUT2D eigenvalue weighted by Gasteiger charge is 2.74. The molecule has 14 rings (SSSR count). The molecule has 5 aliphatic carbocycles. The molecule has 0 bridgehead atoms. The molecule has 0 spiro atoms. The maximum absolute atomic E-state index is 16.8. The minimum Gasteiger partial charge on any atom is -0.479 e. The van der Waals surface area contributed by atoms with Crippen molar-refractivity contribution in [2.75, 3.05) is 39.6 Å². The number of aliphatic hydroxyl groups is 25. The average molecular weight is 2170 g/mol. The molecule has 0 amide bonds. The molecule has 57 unspecified atom stereocenters. The normalized spacial score (nSPS) is 49.4. The van der Waals surface area contributed by atoms with Crippen LogP contribution >= 0.6 is 0 Å². The van der Waals surface area contributed by atoms with Crippen molar-refractivity contribution in [3.63, 3.8) is 0 Å². The minimum absolute atomic E-state index is 0.00117. The molecule has 862 valence electrons. The third-order valence-electron chi connectivity index (χ3n) is 35.8. The van der Waals surface area contributed by atoms with E-state index in [0.29, 0.717) is 25.7 Å². The zero-order valence-corrected chi connectivity index (χ0v) is 86.3. The van der Waals surface area contributed by atoms with Crippen molar-refractivity contribution < 1.29 is 251 Å². The highest BCUT2D eigenvalue weighted by Crippen LogP contribution is 2.76. The highest BCUT2D eigenvalue weighted by molar-refractivity contribution is 5.80. The van der Waals surface area contributed by atoms with Gasteiger partial charge in [-0.3, -0.25) is 14.4 Å². The summed E-state index contributed by atoms with van der Waals surface area (Å²) in [6.07, 6.45) is -82.4. The molecule has 0 aromatic rings. The van der Waals surface area contributed by atoms with E-state index in [9.17, 15) is 147 Å². The topological polar surface area (TPSA) is 796 Å². The number of ether oxygens (including phenoxy) is 20. The van der Waals surface area contributed by atoms with Crippen LogP contribution in [0.25, 0.3) is 0 Å². The molecule has 9 heterocycles. The summed E-state index contributed by atoms with van der Waals surface area (Å²) in [6, 6.07) is 0. The SMILES string of the molecule is CCC(C)C(CC(O)CC(=O)OC1C(O)C(C)OC(OC(=O)C23CCC(C)(C)CC2C2=CCC4C5(C)CCC(OC6OC(C(=O)O)C(O)C(OC7OC(C)C(O)C(O)C7O)C6OC6OC(CO)C(O)C(O)C6O)C(C)(C=O)C5CCC4(C)C2(C)CC3O)C1OC1OC(C)C(OC2OCC(O)C(OC3OCC(O)(CO)C3O)C2O)C(OC2OC(CO)C(O)C(O)C2O)C1O)OC(=O)CC(O)CC(OC1OC(CO)C(O)C1O)C(C)CC. The third-order valence-corrected chi connectivity index (χ3v) is 35.8. The van der Waals surface area contributed by atoms with Crippen molar-refractivity contribution in [1.82, 2.24) is 0 Å². The van der Waals surface area contributed by atoms with Gasteiger partial charge in [0.15, 0.2) is 68.6 Å². The number of aldehydes is 1. The van der Waals surface area contributed by atoms with Crippen LogP contribution in [0, 0.1) is 62.1 Å². The van der Waals surface area contributed by atoms with Gasteiger partial charge in [0.1, 0.15) is 176 Å². The van der Waals surface area contributed by atoms with Gasteiger partial charge in [-0.2, -0.15) is 0 Å². The first-order valence-electron chi connectivity index (χ1n) is 52.3. The van der Waals surface area contributed by atoms with Crippen molar-refractivity contribution in [3.8, 4) is 0 Å². The molecule has 0 radical (unpaired) electrons. The van der Waals surface area contributed by atoms with Crippen LogP contribution in [0.2, 0.25) is 0 Å². The molecule has 51 nitrogen and oxygen atoms in total. The first kappa shape index (κ1) is 121. The van der Waals surface area contributed by atoms with Gasteiger partial charge in [0.2, 0.25) is 6.29 Å². The largest absolute Gasteiger partial charge is 0.479 e. The number of carboxylic acids is 1. The Hall–Kier alpha value is -4.39. The maximum Gasteiger partial charge on any atom is 0.335 e. The number of hydrogen-bond donors (Lipinski definition) is 26. The Morgan fingerprint density at radius 1 is 0.467 bits per heavy atom. The summed E-state index contributed by atoms with van der Waals surface area (Å²) in [5, 5.41) is 292. The van der Waals surface area contributed by atoms with E-state index < -0.39 is 421 Å². The Bertz CT molecular complexity index is 4490. The second-order valence-corrected chi connectivity index (χ2v) is 45.8. The van der Waals surface area contributed by atoms with Crippen molar-refractivity contribution in [1.29, 1.82) is 0 Å². The van der Waals surface area contributed by atoms with Crippen LogP contribution in [-0.2, 0) is 119 Å². The molecule has 57 atom stereocenters. The Morgan fingerprint density at radius 2 is 0.960 bits per heavy atom. The van der Waals surface area contributed by atoms with E-state index >= 15 is 9.59 Å². The number of allylic oxidation sites excluding steroid dienone is 2. The summed E-state index contributed by atoms with van der Waals surface area (Å²) in [4.78, 5) is 73.6. The molecule has 9 saturated heterocycles. The first-order chi connectivity index (χ1) is 70.4. The van der Waals surface area contributed by atoms with Gasteiger partial charge in [0.05, 0.1) is 107 Å². The second-order valence-electron chi connectivity index (χ2n) is 45.8. The van der Waals surface area contributed by atoms with E-state index in [4.69, 9.17) is 94.7 Å². The van der Waals surface area contributed by atoms with Crippen molar-refractivity contribution >= 4 is 30.2 Å². The van der Waals surface area contributed by atoms with Gasteiger partial charge >= 0.3 is 23.9 Å². The number of fused-ring (bicyclic) bond motifs is 7. The van der Waals surface area contributed by atoms with Gasteiger partial charge in [-0.15, -0.1) is 0 Å². The van der Waals surface area contributed by atoms with Gasteiger partial charge in [-0.25, -0.2) is 4.79 Å². The molecule has 51 heteroatoms. The van der Waals surface area contributed by atoms with Crippen LogP contribution in [0.3, 0.4) is 0 Å². The van der Waals surface area contributed by atoms with Crippen LogP contribution < -0.4 is 0 Å². The number of carbonyl (C=O) groups is 5. The van der Waals surface area contributed by atoms with Crippen molar-refractivity contribution in [2.24, 2.45) is 62.1 Å². The first-order valence-corrected chi connectivity index (χ1v) is 52.3. The van der Waals surface area contributed by atoms with E-state index in [0.717, 1.165) is 11.9 Å². The molecule has 26 N–H and O–H groups in total. The monoisotopic (exact) mass is 2160 g/mol. The number of rotatable bonds is 38. The predicted octanol–water partition coefficient (Wildman–Crippen LogP) is -7.47. The lowest BCUT2D eigenvalue weighted by Crippen LogP contribution is -2.69. The Kier molecular flexibility index (Phi) is 38.9. The Morgan fingerprint density at radius 3 is 1.53 bits per heavy atom. The summed E-state index contributed by atoms with van der Waals surface area (Å²) in [5.74, 6) is -7.89. The zero-order chi connectivity index (χ0) is 110. The molecule has 14 aliphatic rings. The van der Waals surface area contributed by atoms with Crippen LogP contribution in [0.1, 0.15) is 186 Å². The fraction of sp³-hybridized carbons (Fsp3) is 0.929. The lowest BCUT2D eigenvalue weighted by atomic mass is 9.33. The average Bonchev–Trinajstić information content (AvgIpc) is 0.794. The number of carbonyl (C=O) groups excluding carboxylic acids is 4. The number of aliphatic hydroxyl groups excluding tert-OH is 24. The molecule has 0 aromatic heterocycles. The number of aliphatic carboxylic acids is 1. The fourth-order valence-electron chi connectivity index (χ4n) is 25.8. The zero-order valence-electron chi connectivity index (χ0n) is 86.3. The van der Waals surface area contributed by atoms with Crippen LogP contribution in [0.15, 0.2) is 11.6 Å². The number of esters is 3. The summed E-state index contributed by atoms with van der Waals surface area (Å²) in [5.41, 5.74) is -8.29. The minimum atomic E-state index is -2.41. The molecular formula is C99H160O51. The van der Waals surface area contributed by atoms with Gasteiger partial charge in [0.25, 0.3) is 0 Å². The quantitative estimate of drug-likeness (QED) is 0.00898. The van der Waals surface area contributed by atoms with Crippen molar-refractivity contribution in [2.45, 2.75) is 474 Å². The fourth-order valence-corrected chi connectivity index (χ4v) is 25.8. The Labute approximate surface area is 865 Å². The number of carboxylic acid groups (broad SMARTS) is 1. The van der Waals surface area contributed by atoms with E-state index in [-0.39, 0.29) is 63.2 Å². The molecule has 150 heavy (non-hydrogen) atoms. The Balaban J connectivity index is 0.764. The van der Waals surface area contributed by atoms with Crippen LogP contribution in [-0.4, -0.2) is 491 Å². The summed E-state index contributed by atoms with van der Waals surface area (Å²) in [7, 11) is 0. The van der Waals surface area contributed by atoms with E-state index in [1.54, 1.807) is 27.7 Å². The van der Waals surface area contributed by atoms with E-state index in [1.165, 1.54) is 20.8 Å². The molecule has 9 aliphatic heterocycles. The number of hydrogen-bond acceptors (Lipinski definition) is 50. The predicted molar refractivity (Wildman–Crippen MR) is 495 cm³/mol. The molecule has 13 fully saturated rings. The lowest BCUT2D eigenvalue weighted by Gasteiger charge is -2.71. The second kappa shape index (κ2) is 48.3. The highest BCUT2D eigenvalue weighted by atomic mass is 16.8. The lowest BCUT2D eigenvalue weighted by molar-refractivity contribution is -0.396. The molecular weight excluding hydrogens is 2010 g/mol. The van der Waals surface area contributed by atoms with Crippen molar-refractivity contribution in [3.05, 3.63) is 11.6 Å². The maximum atomic E-state index is 16.8. The van der Waals surface area contributed by atoms with E-state index in [2.05, 4.69) is 19.9 Å². The van der Waals surface area contributed by atoms with Crippen LogP contribution in [0.5, 0.6) is 0 Å². The summed E-state index contributed by atoms with van der Waals surface area (Å²) >= 11 is 0. The van der Waals surface area contributed by atoms with Gasteiger partial charge < -0.3 is 232 Å². The standard InChI is InChI=1S/C99H160O51/c1-14-37(3)47(136-56(109)26-43(106)25-48(38(4)15-2)137-85-66(119)62(115)51(32-102)138-85)24-42(105)27-57(110)142-75-59(112)40(6)134-89(79(75)149-88-72(125)77(146-86-68(121)64(117)60(113)49(30-100)139-86)73(41(7)135-88)143-83-71(124)74(46(107)33-131-83)144-91-81(126)98(130,35-104)36-132-91)150-92(129)99-23-22-93(8,9)28-45(99)44-16-17-53-94(10)20-19-55(95(11,34-103)52(94)18-21-96(53,12)97(44,13)29-54(99)108)141-90-80(148-87-69(122)65(118)61(114)50(31-101)140-87)76(70(123)78(147-90)82(127)128)145-84-67(120)63(116)58(111)39(5)133-84/h16,34,37-43,45-55,58-81,83-91,100-102,104-108,111-126,130H,14-15,17-33,35-36H2,1-13H3,(H,127,128). The summed E-state index contributed by atoms with van der Waals surface area (Å²) < 4.78 is 123. The molecule has 4 saturated carbocycles. The third kappa shape index (κ3) is 23.4. The van der Waals surface area contributed by atoms with Gasteiger partial charge in [0, 0.05) is 12.8 Å². The smallest absolute Gasteiger partial charge is 0.335 e. The molecule has 0 aromatic carbocycles. The van der Waals surface area contributed by atoms with E-state index in [1.807, 2.05) is 27.7 Å². The van der Waals surface area contributed by atoms with Gasteiger partial charge in [-0.05, 0) is 130 Å². The van der Waals surface area contributed by atoms with Crippen LogP contribution in [0.4, 0.5) is 0 Å².